The topological polar surface area (TPSA) is 89.5 Å². The minimum atomic E-state index is -1.29. The van der Waals surface area contributed by atoms with Gasteiger partial charge in [-0.2, -0.15) is 0 Å². The van der Waals surface area contributed by atoms with E-state index in [1.54, 1.807) is 0 Å². The van der Waals surface area contributed by atoms with Crippen LogP contribution < -0.4 is 18.1 Å². The maximum absolute atomic E-state index is 12.3. The van der Waals surface area contributed by atoms with Gasteiger partial charge in [0, 0.05) is 29.8 Å². The molecule has 0 fully saturated rings. The summed E-state index contributed by atoms with van der Waals surface area (Å²) < 4.78 is 38.4. The van der Waals surface area contributed by atoms with E-state index in [4.69, 9.17) is 27.6 Å². The first kappa shape index (κ1) is 96.0. The zero-order chi connectivity index (χ0) is 76.2. The number of hydrogen-bond acceptors (Lipinski definition) is 10. The van der Waals surface area contributed by atoms with Crippen molar-refractivity contribution in [1.82, 2.24) is 0 Å². The Labute approximate surface area is 669 Å². The van der Waals surface area contributed by atoms with Crippen molar-refractivity contribution in [3.63, 3.8) is 0 Å². The van der Waals surface area contributed by atoms with Crippen LogP contribution in [-0.4, -0.2) is 36.7 Å². The summed E-state index contributed by atoms with van der Waals surface area (Å²) in [4.78, 5) is 24.6. The van der Waals surface area contributed by atoms with E-state index in [2.05, 4.69) is 139 Å². The summed E-state index contributed by atoms with van der Waals surface area (Å²) >= 11 is 3.66. The Bertz CT molecular complexity index is 2490. The second-order valence-corrected chi connectivity index (χ2v) is 37.9. The summed E-state index contributed by atoms with van der Waals surface area (Å²) in [5.74, 6) is 5.43. The highest BCUT2D eigenvalue weighted by Crippen LogP contribution is 2.54. The highest BCUT2D eigenvalue weighted by atomic mass is 32.7. The van der Waals surface area contributed by atoms with Crippen LogP contribution in [0.15, 0.2) is 97.1 Å². The van der Waals surface area contributed by atoms with Gasteiger partial charge in [-0.3, -0.25) is 9.59 Å². The van der Waals surface area contributed by atoms with Gasteiger partial charge in [-0.15, -0.1) is 0 Å². The number of carbonyl (C=O) groups is 2. The van der Waals surface area contributed by atoms with Crippen molar-refractivity contribution in [2.24, 2.45) is 0 Å². The van der Waals surface area contributed by atoms with Gasteiger partial charge >= 0.3 is 27.1 Å². The molecule has 4 rings (SSSR count). The van der Waals surface area contributed by atoms with Crippen LogP contribution in [0.5, 0.6) is 23.0 Å². The molecule has 0 heterocycles. The van der Waals surface area contributed by atoms with Gasteiger partial charge in [-0.1, -0.05) is 385 Å². The minimum absolute atomic E-state index is 0.0108. The summed E-state index contributed by atoms with van der Waals surface area (Å²) in [7, 11) is -2.58. The lowest BCUT2D eigenvalue weighted by molar-refractivity contribution is -0.144. The molecule has 2 unspecified atom stereocenters. The first-order chi connectivity index (χ1) is 52.6. The van der Waals surface area contributed by atoms with E-state index in [1.165, 1.54) is 318 Å². The van der Waals surface area contributed by atoms with E-state index in [0.29, 0.717) is 26.1 Å². The van der Waals surface area contributed by atoms with E-state index in [1.807, 2.05) is 22.8 Å². The number of unbranched alkanes of at least 4 members (excludes halogenated alkanes) is 48. The molecule has 608 valence electrons. The smallest absolute Gasteiger partial charge is 0.360 e. The summed E-state index contributed by atoms with van der Waals surface area (Å²) in [6.07, 6.45) is 71.5. The Balaban J connectivity index is 1.26. The molecule has 0 amide bonds. The number of esters is 2. The zero-order valence-electron chi connectivity index (χ0n) is 69.6. The highest BCUT2D eigenvalue weighted by molar-refractivity contribution is 8.53. The van der Waals surface area contributed by atoms with E-state index < -0.39 is 15.2 Å². The van der Waals surface area contributed by atoms with Crippen LogP contribution in [-0.2, 0) is 37.3 Å². The van der Waals surface area contributed by atoms with Gasteiger partial charge in [0.15, 0.2) is 0 Å². The lowest BCUT2D eigenvalue weighted by Crippen LogP contribution is -2.18. The van der Waals surface area contributed by atoms with Crippen molar-refractivity contribution in [1.29, 1.82) is 0 Å². The lowest BCUT2D eigenvalue weighted by Gasteiger charge is -2.27. The molecular formula is C95H158O8P2S2. The first-order valence-corrected chi connectivity index (χ1v) is 50.4. The highest BCUT2D eigenvalue weighted by Gasteiger charge is 2.25. The molecular weight excluding hydrogens is 1400 g/mol. The molecule has 0 aromatic heterocycles. The van der Waals surface area contributed by atoms with Crippen LogP contribution in [0.3, 0.4) is 0 Å². The number of hydrogen-bond donors (Lipinski definition) is 0. The third-order valence-corrected chi connectivity index (χ3v) is 27.3. The second kappa shape index (κ2) is 68.2. The van der Waals surface area contributed by atoms with Crippen LogP contribution in [0.4, 0.5) is 0 Å². The molecule has 0 bridgehead atoms. The van der Waals surface area contributed by atoms with Crippen molar-refractivity contribution >= 4 is 49.9 Å². The van der Waals surface area contributed by atoms with Crippen molar-refractivity contribution in [3.05, 3.63) is 119 Å². The maximum Gasteiger partial charge on any atom is 0.360 e. The quantitative estimate of drug-likeness (QED) is 0.0242. The number of aryl methyl sites for hydroxylation is 2. The lowest BCUT2D eigenvalue weighted by atomic mass is 9.78. The molecule has 0 aliphatic rings. The van der Waals surface area contributed by atoms with Crippen LogP contribution in [0.25, 0.3) is 0 Å². The molecule has 12 heteroatoms. The molecule has 0 aliphatic heterocycles. The molecule has 0 spiro atoms. The Morgan fingerprint density at radius 1 is 0.290 bits per heavy atom. The average molecular weight is 1550 g/mol. The minimum Gasteiger partial charge on any atom is -0.466 e. The van der Waals surface area contributed by atoms with Gasteiger partial charge < -0.3 is 27.6 Å². The standard InChI is InChI=1S/C95H158O8P2S2/c1-7-11-15-19-23-29-37-45-53-63-85-65-61-67-91(83-85)102-104(106-81-59-51-43-35-27-31-39-47-55-69-93(96)98-79-57-49-41-33-25-21-17-13-9-3)100-89-75-71-87(72-76-89)95(5,6)88-73-77-90(78-74-88)101-105(103-92-68-62-66-86(84-92)64-54-46-38-30-24-20-16-12-8-2)107-82-60-52-44-36-28-32-40-48-56-70-94(97)99-80-58-50-42-34-26-22-18-14-10-4/h61-62,65-68,71-78,83-84H,7-60,63-64,69-70,79-82H2,1-6H3. The third-order valence-electron chi connectivity index (χ3n) is 21.3. The van der Waals surface area contributed by atoms with Gasteiger partial charge in [0.25, 0.3) is 0 Å². The Morgan fingerprint density at radius 3 is 0.841 bits per heavy atom. The molecule has 2 atom stereocenters. The van der Waals surface area contributed by atoms with Crippen molar-refractivity contribution in [2.45, 2.75) is 419 Å². The molecule has 4 aromatic carbocycles. The van der Waals surface area contributed by atoms with Crippen molar-refractivity contribution < 1.29 is 37.2 Å². The summed E-state index contributed by atoms with van der Waals surface area (Å²) in [5, 5.41) is 0. The molecule has 4 aromatic rings. The monoisotopic (exact) mass is 1550 g/mol. The Morgan fingerprint density at radius 2 is 0.542 bits per heavy atom. The molecule has 0 saturated heterocycles. The van der Waals surface area contributed by atoms with Crippen LogP contribution in [0.2, 0.25) is 0 Å². The van der Waals surface area contributed by atoms with E-state index in [9.17, 15) is 9.59 Å². The largest absolute Gasteiger partial charge is 0.466 e. The van der Waals surface area contributed by atoms with Gasteiger partial charge in [0.2, 0.25) is 0 Å². The Hall–Kier alpha value is -3.42. The normalized spacial score (nSPS) is 12.2. The van der Waals surface area contributed by atoms with Crippen molar-refractivity contribution in [2.75, 3.05) is 24.7 Å². The SMILES string of the molecule is CCCCCCCCCCCOC(=O)CCCCCCCCCCCSP(Oc1ccc(C(C)(C)c2ccc(OP(Oc3cccc(CCCCCCCCCCC)c3)SCCCCCCCCCCCC(=O)OCCCCCCCCCCC)cc2)cc1)Oc1cccc(CCCCCCCCCCC)c1. The average Bonchev–Trinajstić information content (AvgIpc) is 0.803. The fraction of sp³-hybridized carbons (Fsp3) is 0.726. The summed E-state index contributed by atoms with van der Waals surface area (Å²) in [6, 6.07) is 35.0. The maximum atomic E-state index is 12.3. The van der Waals surface area contributed by atoms with Gasteiger partial charge in [-0.05, 0) is 158 Å². The summed E-state index contributed by atoms with van der Waals surface area (Å²) in [6.45, 7) is 14.9. The molecule has 107 heavy (non-hydrogen) atoms. The predicted molar refractivity (Wildman–Crippen MR) is 470 cm³/mol. The third kappa shape index (κ3) is 52.5. The molecule has 0 radical (unpaired) electrons. The molecule has 0 saturated carbocycles. The van der Waals surface area contributed by atoms with Gasteiger partial charge in [0.1, 0.15) is 23.0 Å². The number of ether oxygens (including phenoxy) is 2. The molecule has 0 N–H and O–H groups in total. The van der Waals surface area contributed by atoms with Crippen molar-refractivity contribution in [3.8, 4) is 23.0 Å². The number of carbonyl (C=O) groups excluding carboxylic acids is 2. The fourth-order valence-electron chi connectivity index (χ4n) is 14.2. The zero-order valence-corrected chi connectivity index (χ0v) is 73.0. The van der Waals surface area contributed by atoms with E-state index in [-0.39, 0.29) is 17.4 Å². The van der Waals surface area contributed by atoms with E-state index in [0.717, 1.165) is 98.7 Å². The van der Waals surface area contributed by atoms with E-state index >= 15 is 0 Å². The fourth-order valence-corrected chi connectivity index (χ4v) is 19.9. The van der Waals surface area contributed by atoms with Gasteiger partial charge in [-0.25, -0.2) is 0 Å². The van der Waals surface area contributed by atoms with Crippen LogP contribution in [0.1, 0.15) is 423 Å². The van der Waals surface area contributed by atoms with Gasteiger partial charge in [0.05, 0.1) is 13.2 Å². The molecule has 0 aliphatic carbocycles. The first-order valence-electron chi connectivity index (χ1n) is 44.9. The Kier molecular flexibility index (Phi) is 61.2. The number of rotatable bonds is 76. The van der Waals surface area contributed by atoms with Crippen LogP contribution >= 0.6 is 37.9 Å². The van der Waals surface area contributed by atoms with Crippen LogP contribution in [0, 0.1) is 0 Å². The predicted octanol–water partition coefficient (Wildman–Crippen LogP) is 32.9. The number of benzene rings is 4. The molecule has 8 nitrogen and oxygen atoms in total. The summed E-state index contributed by atoms with van der Waals surface area (Å²) in [5.41, 5.74) is 4.86. The second-order valence-electron chi connectivity index (χ2n) is 31.6.